The van der Waals surface area contributed by atoms with Crippen molar-refractivity contribution < 1.29 is 0 Å². The summed E-state index contributed by atoms with van der Waals surface area (Å²) in [5, 5.41) is 4.48. The van der Waals surface area contributed by atoms with Gasteiger partial charge in [0, 0.05) is 11.3 Å². The molecule has 0 aromatic heterocycles. The van der Waals surface area contributed by atoms with Crippen molar-refractivity contribution in [1.29, 1.82) is 0 Å². The Morgan fingerprint density at radius 2 is 2.23 bits per heavy atom. The highest BCUT2D eigenvalue weighted by atomic mass is 32.2. The van der Waals surface area contributed by atoms with E-state index in [4.69, 9.17) is 0 Å². The molecule has 0 aromatic carbocycles. The number of thioether (sulfide) groups is 1. The third-order valence-corrected chi connectivity index (χ3v) is 3.93. The normalized spacial score (nSPS) is 28.7. The van der Waals surface area contributed by atoms with Gasteiger partial charge in [-0.1, -0.05) is 18.9 Å². The van der Waals surface area contributed by atoms with Gasteiger partial charge in [0.25, 0.3) is 0 Å². The van der Waals surface area contributed by atoms with Crippen LogP contribution in [-0.2, 0) is 0 Å². The summed E-state index contributed by atoms with van der Waals surface area (Å²) in [6.07, 6.45) is 10.9. The lowest BCUT2D eigenvalue weighted by molar-refractivity contribution is 0.387. The largest absolute Gasteiger partial charge is 0.313 e. The van der Waals surface area contributed by atoms with Gasteiger partial charge >= 0.3 is 0 Å². The first-order valence-electron chi connectivity index (χ1n) is 5.25. The molecule has 0 bridgehead atoms. The Labute approximate surface area is 86.4 Å². The van der Waals surface area contributed by atoms with Gasteiger partial charge in [-0.15, -0.1) is 6.58 Å². The average molecular weight is 199 g/mol. The molecular formula is C11H21NS. The maximum absolute atomic E-state index is 3.74. The molecule has 0 aromatic rings. The van der Waals surface area contributed by atoms with E-state index in [1.165, 1.54) is 25.7 Å². The second-order valence-electron chi connectivity index (χ2n) is 3.70. The van der Waals surface area contributed by atoms with Crippen molar-refractivity contribution >= 4 is 11.8 Å². The van der Waals surface area contributed by atoms with E-state index >= 15 is 0 Å². The highest BCUT2D eigenvalue weighted by molar-refractivity contribution is 7.99. The maximum Gasteiger partial charge on any atom is 0.0198 e. The number of hydrogen-bond acceptors (Lipinski definition) is 2. The summed E-state index contributed by atoms with van der Waals surface area (Å²) in [6, 6.07) is 0.753. The predicted molar refractivity (Wildman–Crippen MR) is 62.4 cm³/mol. The molecule has 13 heavy (non-hydrogen) atoms. The molecule has 1 fully saturated rings. The van der Waals surface area contributed by atoms with Crippen molar-refractivity contribution in [3.05, 3.63) is 12.7 Å². The van der Waals surface area contributed by atoms with Crippen molar-refractivity contribution in [3.63, 3.8) is 0 Å². The minimum atomic E-state index is 0.753. The number of nitrogens with one attached hydrogen (secondary N) is 1. The molecule has 2 unspecified atom stereocenters. The SMILES string of the molecule is C=CCCNC1CCCCC1SC. The highest BCUT2D eigenvalue weighted by Crippen LogP contribution is 2.26. The summed E-state index contributed by atoms with van der Waals surface area (Å²) in [5.74, 6) is 0. The monoisotopic (exact) mass is 199 g/mol. The molecule has 1 aliphatic rings. The standard InChI is InChI=1S/C11H21NS/c1-3-4-9-12-10-7-5-6-8-11(10)13-2/h3,10-12H,1,4-9H2,2H3. The van der Waals surface area contributed by atoms with Crippen LogP contribution in [0.5, 0.6) is 0 Å². The molecule has 76 valence electrons. The van der Waals surface area contributed by atoms with Crippen LogP contribution in [0.15, 0.2) is 12.7 Å². The quantitative estimate of drug-likeness (QED) is 0.540. The van der Waals surface area contributed by atoms with E-state index in [1.807, 2.05) is 17.8 Å². The van der Waals surface area contributed by atoms with Crippen molar-refractivity contribution in [2.45, 2.75) is 43.4 Å². The Bertz CT molecular complexity index is 147. The molecule has 0 amide bonds. The van der Waals surface area contributed by atoms with Crippen LogP contribution in [0.1, 0.15) is 32.1 Å². The van der Waals surface area contributed by atoms with E-state index in [-0.39, 0.29) is 0 Å². The fourth-order valence-corrected chi connectivity index (χ4v) is 2.95. The Balaban J connectivity index is 2.23. The summed E-state index contributed by atoms with van der Waals surface area (Å²) < 4.78 is 0. The van der Waals surface area contributed by atoms with E-state index in [0.717, 1.165) is 24.3 Å². The van der Waals surface area contributed by atoms with Crippen LogP contribution in [0.2, 0.25) is 0 Å². The van der Waals surface area contributed by atoms with E-state index in [0.29, 0.717) is 0 Å². The Morgan fingerprint density at radius 3 is 2.92 bits per heavy atom. The molecule has 1 saturated carbocycles. The van der Waals surface area contributed by atoms with Gasteiger partial charge in [0.1, 0.15) is 0 Å². The molecule has 1 aliphatic carbocycles. The third-order valence-electron chi connectivity index (χ3n) is 2.76. The minimum Gasteiger partial charge on any atom is -0.313 e. The molecule has 0 spiro atoms. The number of hydrogen-bond donors (Lipinski definition) is 1. The smallest absolute Gasteiger partial charge is 0.0198 e. The fourth-order valence-electron chi connectivity index (χ4n) is 1.98. The van der Waals surface area contributed by atoms with E-state index < -0.39 is 0 Å². The average Bonchev–Trinajstić information content (AvgIpc) is 2.19. The van der Waals surface area contributed by atoms with Gasteiger partial charge in [0.2, 0.25) is 0 Å². The van der Waals surface area contributed by atoms with Crippen molar-refractivity contribution in [2.75, 3.05) is 12.8 Å². The lowest BCUT2D eigenvalue weighted by atomic mass is 9.95. The van der Waals surface area contributed by atoms with Gasteiger partial charge in [0.15, 0.2) is 0 Å². The maximum atomic E-state index is 3.74. The summed E-state index contributed by atoms with van der Waals surface area (Å²) in [4.78, 5) is 0. The Hall–Kier alpha value is 0.0500. The first-order chi connectivity index (χ1) is 6.38. The van der Waals surface area contributed by atoms with E-state index in [2.05, 4.69) is 18.2 Å². The molecule has 0 saturated heterocycles. The van der Waals surface area contributed by atoms with Gasteiger partial charge in [-0.3, -0.25) is 0 Å². The van der Waals surface area contributed by atoms with Gasteiger partial charge in [-0.25, -0.2) is 0 Å². The molecule has 2 atom stereocenters. The summed E-state index contributed by atoms with van der Waals surface area (Å²) in [5.41, 5.74) is 0. The van der Waals surface area contributed by atoms with Crippen LogP contribution in [-0.4, -0.2) is 24.1 Å². The Morgan fingerprint density at radius 1 is 1.46 bits per heavy atom. The topological polar surface area (TPSA) is 12.0 Å². The van der Waals surface area contributed by atoms with Crippen LogP contribution in [0.4, 0.5) is 0 Å². The van der Waals surface area contributed by atoms with E-state index in [1.54, 1.807) is 0 Å². The first-order valence-corrected chi connectivity index (χ1v) is 6.54. The second kappa shape index (κ2) is 6.50. The van der Waals surface area contributed by atoms with Crippen molar-refractivity contribution in [3.8, 4) is 0 Å². The molecule has 1 nitrogen and oxygen atoms in total. The van der Waals surface area contributed by atoms with Crippen molar-refractivity contribution in [2.24, 2.45) is 0 Å². The van der Waals surface area contributed by atoms with Gasteiger partial charge in [0.05, 0.1) is 0 Å². The van der Waals surface area contributed by atoms with Crippen LogP contribution in [0.25, 0.3) is 0 Å². The zero-order valence-corrected chi connectivity index (χ0v) is 9.41. The fraction of sp³-hybridized carbons (Fsp3) is 0.818. The van der Waals surface area contributed by atoms with Gasteiger partial charge < -0.3 is 5.32 Å². The third kappa shape index (κ3) is 3.74. The van der Waals surface area contributed by atoms with Crippen LogP contribution < -0.4 is 5.32 Å². The summed E-state index contributed by atoms with van der Waals surface area (Å²) in [7, 11) is 0. The van der Waals surface area contributed by atoms with Crippen LogP contribution >= 0.6 is 11.8 Å². The first kappa shape index (κ1) is 11.1. The Kier molecular flexibility index (Phi) is 5.56. The molecule has 1 N–H and O–H groups in total. The zero-order chi connectivity index (χ0) is 9.52. The predicted octanol–water partition coefficient (Wildman–Crippen LogP) is 2.83. The molecule has 0 aliphatic heterocycles. The lowest BCUT2D eigenvalue weighted by Gasteiger charge is -2.31. The second-order valence-corrected chi connectivity index (χ2v) is 4.77. The summed E-state index contributed by atoms with van der Waals surface area (Å²) in [6.45, 7) is 4.84. The highest BCUT2D eigenvalue weighted by Gasteiger charge is 2.22. The molecular weight excluding hydrogens is 178 g/mol. The molecule has 1 rings (SSSR count). The van der Waals surface area contributed by atoms with Crippen LogP contribution in [0.3, 0.4) is 0 Å². The van der Waals surface area contributed by atoms with Crippen molar-refractivity contribution in [1.82, 2.24) is 5.32 Å². The minimum absolute atomic E-state index is 0.753. The van der Waals surface area contributed by atoms with Crippen LogP contribution in [0, 0.1) is 0 Å². The zero-order valence-electron chi connectivity index (χ0n) is 8.59. The van der Waals surface area contributed by atoms with Gasteiger partial charge in [-0.2, -0.15) is 11.8 Å². The summed E-state index contributed by atoms with van der Waals surface area (Å²) >= 11 is 2.02. The lowest BCUT2D eigenvalue weighted by Crippen LogP contribution is -2.40. The van der Waals surface area contributed by atoms with Gasteiger partial charge in [-0.05, 0) is 32.1 Å². The molecule has 0 radical (unpaired) electrons. The molecule has 2 heteroatoms. The van der Waals surface area contributed by atoms with E-state index in [9.17, 15) is 0 Å². The number of rotatable bonds is 5. The molecule has 0 heterocycles.